The molecule has 0 aliphatic rings. The molecule has 0 spiro atoms. The van der Waals surface area contributed by atoms with Crippen molar-refractivity contribution in [3.63, 3.8) is 0 Å². The van der Waals surface area contributed by atoms with Crippen LogP contribution in [-0.4, -0.2) is 22.7 Å². The lowest BCUT2D eigenvalue weighted by atomic mass is 10.1. The average Bonchev–Trinajstić information content (AvgIpc) is 2.47. The van der Waals surface area contributed by atoms with Gasteiger partial charge in [0.1, 0.15) is 0 Å². The number of aromatic nitrogens is 2. The van der Waals surface area contributed by atoms with E-state index < -0.39 is 0 Å². The maximum absolute atomic E-state index is 12.7. The molecule has 0 atom stereocenters. The summed E-state index contributed by atoms with van der Waals surface area (Å²) in [5, 5.41) is 3.11. The highest BCUT2D eigenvalue weighted by atomic mass is 16.1. The number of hydrogen-bond donors (Lipinski definition) is 0. The minimum atomic E-state index is 0.0772. The van der Waals surface area contributed by atoms with E-state index in [1.165, 1.54) is 0 Å². The van der Waals surface area contributed by atoms with Gasteiger partial charge in [-0.2, -0.15) is 0 Å². The van der Waals surface area contributed by atoms with E-state index in [-0.39, 0.29) is 5.56 Å². The van der Waals surface area contributed by atoms with Crippen molar-refractivity contribution in [2.24, 2.45) is 0 Å². The second-order valence-electron chi connectivity index (χ2n) is 5.00. The Hall–Kier alpha value is -1.84. The summed E-state index contributed by atoms with van der Waals surface area (Å²) in [6.45, 7) is 7.95. The lowest BCUT2D eigenvalue weighted by molar-refractivity contribution is 0.584. The molecule has 4 heteroatoms. The van der Waals surface area contributed by atoms with Crippen molar-refractivity contribution in [3.05, 3.63) is 40.3 Å². The first-order valence-corrected chi connectivity index (χ1v) is 7.47. The summed E-state index contributed by atoms with van der Waals surface area (Å²) in [6, 6.07) is 5.94. The number of hydrogen-bond acceptors (Lipinski definition) is 3. The van der Waals surface area contributed by atoms with Gasteiger partial charge < -0.3 is 5.01 Å². The van der Waals surface area contributed by atoms with E-state index >= 15 is 0 Å². The van der Waals surface area contributed by atoms with Gasteiger partial charge in [-0.3, -0.25) is 4.79 Å². The first kappa shape index (κ1) is 14.6. The van der Waals surface area contributed by atoms with Gasteiger partial charge in [-0.15, -0.1) is 0 Å². The third kappa shape index (κ3) is 2.69. The molecule has 108 valence electrons. The molecule has 0 saturated heterocycles. The van der Waals surface area contributed by atoms with Crippen LogP contribution in [0.15, 0.2) is 29.2 Å². The molecule has 20 heavy (non-hydrogen) atoms. The molecule has 0 aromatic carbocycles. The van der Waals surface area contributed by atoms with Gasteiger partial charge in [0.25, 0.3) is 5.56 Å². The Balaban J connectivity index is 2.70. The van der Waals surface area contributed by atoms with Gasteiger partial charge in [0.15, 0.2) is 5.65 Å². The van der Waals surface area contributed by atoms with E-state index in [0.717, 1.165) is 48.9 Å². The summed E-state index contributed by atoms with van der Waals surface area (Å²) in [6.07, 6.45) is 4.54. The molecule has 0 saturated carbocycles. The molecule has 0 unspecified atom stereocenters. The van der Waals surface area contributed by atoms with Crippen LogP contribution in [0.5, 0.6) is 0 Å². The van der Waals surface area contributed by atoms with Crippen LogP contribution in [0.2, 0.25) is 0 Å². The van der Waals surface area contributed by atoms with Crippen molar-refractivity contribution >= 4 is 11.0 Å². The third-order valence-corrected chi connectivity index (χ3v) is 3.46. The fourth-order valence-corrected chi connectivity index (χ4v) is 2.55. The molecule has 2 aromatic rings. The van der Waals surface area contributed by atoms with Gasteiger partial charge in [0, 0.05) is 30.2 Å². The summed E-state index contributed by atoms with van der Waals surface area (Å²) in [5.41, 5.74) is 1.71. The lowest BCUT2D eigenvalue weighted by Gasteiger charge is -2.26. The van der Waals surface area contributed by atoms with E-state index in [4.69, 9.17) is 0 Å². The highest BCUT2D eigenvalue weighted by Gasteiger charge is 2.13. The zero-order valence-corrected chi connectivity index (χ0v) is 12.6. The molecule has 4 nitrogen and oxygen atoms in total. The minimum absolute atomic E-state index is 0.0772. The van der Waals surface area contributed by atoms with E-state index in [1.54, 1.807) is 10.9 Å². The third-order valence-electron chi connectivity index (χ3n) is 3.46. The van der Waals surface area contributed by atoms with Crippen LogP contribution in [0, 0.1) is 0 Å². The Labute approximate surface area is 120 Å². The molecule has 2 aromatic heterocycles. The predicted molar refractivity (Wildman–Crippen MR) is 83.9 cm³/mol. The van der Waals surface area contributed by atoms with Gasteiger partial charge in [-0.1, -0.05) is 20.3 Å². The molecule has 2 heterocycles. The second kappa shape index (κ2) is 6.55. The van der Waals surface area contributed by atoms with E-state index in [0.29, 0.717) is 0 Å². The monoisotopic (exact) mass is 273 g/mol. The zero-order valence-electron chi connectivity index (χ0n) is 12.6. The normalized spacial score (nSPS) is 10.9. The van der Waals surface area contributed by atoms with Crippen molar-refractivity contribution in [2.45, 2.75) is 40.0 Å². The van der Waals surface area contributed by atoms with Gasteiger partial charge in [-0.25, -0.2) is 9.66 Å². The highest BCUT2D eigenvalue weighted by molar-refractivity contribution is 5.75. The summed E-state index contributed by atoms with van der Waals surface area (Å²) in [7, 11) is 0. The summed E-state index contributed by atoms with van der Waals surface area (Å²) >= 11 is 0. The van der Waals surface area contributed by atoms with E-state index in [2.05, 4.69) is 30.8 Å². The summed E-state index contributed by atoms with van der Waals surface area (Å²) < 4.78 is 1.77. The molecule has 0 aliphatic heterocycles. The average molecular weight is 273 g/mol. The zero-order chi connectivity index (χ0) is 14.5. The van der Waals surface area contributed by atoms with Crippen LogP contribution >= 0.6 is 0 Å². The Kier molecular flexibility index (Phi) is 4.77. The molecule has 0 radical (unpaired) electrons. The van der Waals surface area contributed by atoms with Crippen LogP contribution in [-0.2, 0) is 6.42 Å². The smallest absolute Gasteiger partial charge is 0.274 e. The first-order chi connectivity index (χ1) is 9.72. The SMILES string of the molecule is CCCc1cc2cccnc2n(N(CC)CCC)c1=O. The number of aryl methyl sites for hydroxylation is 1. The second-order valence-corrected chi connectivity index (χ2v) is 5.00. The maximum atomic E-state index is 12.7. The van der Waals surface area contributed by atoms with Crippen molar-refractivity contribution in [1.29, 1.82) is 0 Å². The molecule has 2 rings (SSSR count). The van der Waals surface area contributed by atoms with Gasteiger partial charge in [-0.05, 0) is 38.0 Å². The Morgan fingerprint density at radius 1 is 1.25 bits per heavy atom. The largest absolute Gasteiger partial charge is 0.308 e. The standard InChI is InChI=1S/C16H23N3O/c1-4-8-14-12-13-9-7-10-17-15(13)19(16(14)20)18(6-3)11-5-2/h7,9-10,12H,4-6,8,11H2,1-3H3. The van der Waals surface area contributed by atoms with Crippen molar-refractivity contribution < 1.29 is 0 Å². The van der Waals surface area contributed by atoms with Crippen molar-refractivity contribution in [2.75, 3.05) is 18.1 Å². The quantitative estimate of drug-likeness (QED) is 0.812. The van der Waals surface area contributed by atoms with Gasteiger partial charge >= 0.3 is 0 Å². The van der Waals surface area contributed by atoms with Crippen LogP contribution in [0.3, 0.4) is 0 Å². The molecule has 0 amide bonds. The number of fused-ring (bicyclic) bond motifs is 1. The molecule has 0 bridgehead atoms. The first-order valence-electron chi connectivity index (χ1n) is 7.47. The predicted octanol–water partition coefficient (Wildman–Crippen LogP) is 2.72. The number of pyridine rings is 2. The number of rotatable bonds is 6. The highest BCUT2D eigenvalue weighted by Crippen LogP contribution is 2.12. The van der Waals surface area contributed by atoms with E-state index in [1.807, 2.05) is 18.2 Å². The molecule has 0 fully saturated rings. The van der Waals surface area contributed by atoms with Crippen molar-refractivity contribution in [1.82, 2.24) is 9.66 Å². The Bertz CT molecular complexity index is 633. The topological polar surface area (TPSA) is 38.1 Å². The Morgan fingerprint density at radius 3 is 2.70 bits per heavy atom. The lowest BCUT2D eigenvalue weighted by Crippen LogP contribution is -2.44. The van der Waals surface area contributed by atoms with Crippen molar-refractivity contribution in [3.8, 4) is 0 Å². The van der Waals surface area contributed by atoms with Crippen LogP contribution in [0.1, 0.15) is 39.2 Å². The maximum Gasteiger partial charge on any atom is 0.274 e. The summed E-state index contributed by atoms with van der Waals surface area (Å²) in [5.74, 6) is 0. The fraction of sp³-hybridized carbons (Fsp3) is 0.500. The minimum Gasteiger partial charge on any atom is -0.308 e. The van der Waals surface area contributed by atoms with Crippen LogP contribution < -0.4 is 10.6 Å². The summed E-state index contributed by atoms with van der Waals surface area (Å²) in [4.78, 5) is 17.1. The molecular formula is C16H23N3O. The Morgan fingerprint density at radius 2 is 2.05 bits per heavy atom. The van der Waals surface area contributed by atoms with Crippen LogP contribution in [0.4, 0.5) is 0 Å². The van der Waals surface area contributed by atoms with E-state index in [9.17, 15) is 4.79 Å². The van der Waals surface area contributed by atoms with Crippen LogP contribution in [0.25, 0.3) is 11.0 Å². The number of nitrogens with zero attached hydrogens (tertiary/aromatic N) is 3. The van der Waals surface area contributed by atoms with Gasteiger partial charge in [0.05, 0.1) is 0 Å². The molecule has 0 aliphatic carbocycles. The van der Waals surface area contributed by atoms with Gasteiger partial charge in [0.2, 0.25) is 0 Å². The molecular weight excluding hydrogens is 250 g/mol. The fourth-order valence-electron chi connectivity index (χ4n) is 2.55. The molecule has 0 N–H and O–H groups in total.